The maximum Gasteiger partial charge on any atom is 0.251 e. The van der Waals surface area contributed by atoms with E-state index in [4.69, 9.17) is 0 Å². The highest BCUT2D eigenvalue weighted by atomic mass is 19.3. The molecule has 0 amide bonds. The molecule has 2 heterocycles. The van der Waals surface area contributed by atoms with Gasteiger partial charge < -0.3 is 4.90 Å². The molecular weight excluding hydrogens is 270 g/mol. The number of rotatable bonds is 5. The SMILES string of the molecule is C=CC(C)C(CC)c1cnccc1N1CCC(F)(F)CC1. The lowest BCUT2D eigenvalue weighted by Crippen LogP contribution is -2.40. The highest BCUT2D eigenvalue weighted by Gasteiger charge is 2.35. The van der Waals surface area contributed by atoms with Gasteiger partial charge >= 0.3 is 0 Å². The van der Waals surface area contributed by atoms with E-state index in [0.717, 1.165) is 17.7 Å². The van der Waals surface area contributed by atoms with Crippen LogP contribution >= 0.6 is 0 Å². The van der Waals surface area contributed by atoms with Crippen molar-refractivity contribution in [2.24, 2.45) is 5.92 Å². The number of nitrogens with zero attached hydrogens (tertiary/aromatic N) is 2. The Morgan fingerprint density at radius 2 is 2.10 bits per heavy atom. The van der Waals surface area contributed by atoms with Gasteiger partial charge in [-0.1, -0.05) is 19.9 Å². The standard InChI is InChI=1S/C17H24F2N2/c1-4-13(3)14(5-2)15-12-20-9-6-16(15)21-10-7-17(18,19)8-11-21/h4,6,9,12-14H,1,5,7-8,10-11H2,2-3H3. The summed E-state index contributed by atoms with van der Waals surface area (Å²) in [6, 6.07) is 1.96. The number of hydrogen-bond acceptors (Lipinski definition) is 2. The van der Waals surface area contributed by atoms with E-state index >= 15 is 0 Å². The van der Waals surface area contributed by atoms with Crippen molar-refractivity contribution in [3.8, 4) is 0 Å². The van der Waals surface area contributed by atoms with Crippen LogP contribution in [-0.2, 0) is 0 Å². The first kappa shape index (κ1) is 15.9. The normalized spacial score (nSPS) is 20.9. The van der Waals surface area contributed by atoms with Crippen LogP contribution in [-0.4, -0.2) is 24.0 Å². The minimum atomic E-state index is -2.51. The average molecular weight is 294 g/mol. The molecule has 2 unspecified atom stereocenters. The van der Waals surface area contributed by atoms with E-state index in [1.54, 1.807) is 6.20 Å². The third kappa shape index (κ3) is 3.60. The van der Waals surface area contributed by atoms with Crippen molar-refractivity contribution < 1.29 is 8.78 Å². The molecule has 1 aliphatic rings. The van der Waals surface area contributed by atoms with Gasteiger partial charge in [0.2, 0.25) is 0 Å². The number of hydrogen-bond donors (Lipinski definition) is 0. The number of aromatic nitrogens is 1. The Morgan fingerprint density at radius 1 is 1.43 bits per heavy atom. The molecule has 0 spiro atoms. The minimum absolute atomic E-state index is 0.0669. The molecule has 21 heavy (non-hydrogen) atoms. The van der Waals surface area contributed by atoms with Crippen LogP contribution < -0.4 is 4.90 Å². The molecule has 0 bridgehead atoms. The fourth-order valence-electron chi connectivity index (χ4n) is 3.09. The molecular formula is C17H24F2N2. The number of halogens is 2. The topological polar surface area (TPSA) is 16.1 Å². The molecule has 2 nitrogen and oxygen atoms in total. The summed E-state index contributed by atoms with van der Waals surface area (Å²) >= 11 is 0. The average Bonchev–Trinajstić information content (AvgIpc) is 2.48. The summed E-state index contributed by atoms with van der Waals surface area (Å²) < 4.78 is 26.7. The van der Waals surface area contributed by atoms with Gasteiger partial charge in [-0.25, -0.2) is 8.78 Å². The summed E-state index contributed by atoms with van der Waals surface area (Å²) in [4.78, 5) is 6.32. The van der Waals surface area contributed by atoms with Crippen LogP contribution in [0.3, 0.4) is 0 Å². The van der Waals surface area contributed by atoms with E-state index in [1.165, 1.54) is 0 Å². The molecule has 0 aliphatic carbocycles. The summed E-state index contributed by atoms with van der Waals surface area (Å²) in [6.45, 7) is 8.98. The van der Waals surface area contributed by atoms with Gasteiger partial charge in [-0.2, -0.15) is 0 Å². The molecule has 2 rings (SSSR count). The van der Waals surface area contributed by atoms with Crippen molar-refractivity contribution in [2.75, 3.05) is 18.0 Å². The van der Waals surface area contributed by atoms with Gasteiger partial charge in [0.05, 0.1) is 0 Å². The van der Waals surface area contributed by atoms with E-state index in [9.17, 15) is 8.78 Å². The van der Waals surface area contributed by atoms with Crippen LogP contribution in [0.15, 0.2) is 31.1 Å². The quantitative estimate of drug-likeness (QED) is 0.736. The predicted molar refractivity (Wildman–Crippen MR) is 83.0 cm³/mol. The molecule has 0 saturated carbocycles. The summed E-state index contributed by atoms with van der Waals surface area (Å²) in [5.74, 6) is -1.85. The Balaban J connectivity index is 2.26. The van der Waals surface area contributed by atoms with Gasteiger partial charge in [-0.3, -0.25) is 4.98 Å². The summed E-state index contributed by atoms with van der Waals surface area (Å²) in [6.07, 6.45) is 6.43. The number of piperidine rings is 1. The van der Waals surface area contributed by atoms with E-state index < -0.39 is 5.92 Å². The summed E-state index contributed by atoms with van der Waals surface area (Å²) in [5.41, 5.74) is 2.21. The third-order valence-corrected chi connectivity index (χ3v) is 4.51. The molecule has 0 N–H and O–H groups in total. The van der Waals surface area contributed by atoms with Crippen molar-refractivity contribution in [3.63, 3.8) is 0 Å². The van der Waals surface area contributed by atoms with Crippen molar-refractivity contribution in [1.82, 2.24) is 4.98 Å². The van der Waals surface area contributed by atoms with E-state index in [1.807, 2.05) is 18.3 Å². The first-order chi connectivity index (χ1) is 9.98. The highest BCUT2D eigenvalue weighted by Crippen LogP contribution is 2.37. The Morgan fingerprint density at radius 3 is 2.67 bits per heavy atom. The first-order valence-corrected chi connectivity index (χ1v) is 7.67. The highest BCUT2D eigenvalue weighted by molar-refractivity contribution is 5.54. The first-order valence-electron chi connectivity index (χ1n) is 7.67. The maximum atomic E-state index is 13.3. The molecule has 1 aromatic rings. The monoisotopic (exact) mass is 294 g/mol. The number of allylic oxidation sites excluding steroid dienone is 1. The second kappa shape index (κ2) is 6.54. The zero-order chi connectivity index (χ0) is 15.5. The molecule has 0 radical (unpaired) electrons. The predicted octanol–water partition coefficient (Wildman–Crippen LogP) is 4.63. The smallest absolute Gasteiger partial charge is 0.251 e. The van der Waals surface area contributed by atoms with Crippen molar-refractivity contribution >= 4 is 5.69 Å². The molecule has 1 saturated heterocycles. The molecule has 1 aromatic heterocycles. The van der Waals surface area contributed by atoms with Gasteiger partial charge in [-0.15, -0.1) is 6.58 Å². The van der Waals surface area contributed by atoms with Crippen molar-refractivity contribution in [2.45, 2.75) is 45.0 Å². The van der Waals surface area contributed by atoms with Crippen LogP contribution in [0.1, 0.15) is 44.6 Å². The Kier molecular flexibility index (Phi) is 4.96. The fraction of sp³-hybridized carbons (Fsp3) is 0.588. The van der Waals surface area contributed by atoms with Gasteiger partial charge in [0.15, 0.2) is 0 Å². The molecule has 1 fully saturated rings. The van der Waals surface area contributed by atoms with Crippen molar-refractivity contribution in [1.29, 1.82) is 0 Å². The van der Waals surface area contributed by atoms with Gasteiger partial charge in [0, 0.05) is 44.0 Å². The van der Waals surface area contributed by atoms with E-state index in [2.05, 4.69) is 30.3 Å². The molecule has 116 valence electrons. The molecule has 0 aromatic carbocycles. The van der Waals surface area contributed by atoms with Gasteiger partial charge in [-0.05, 0) is 29.9 Å². The van der Waals surface area contributed by atoms with Crippen LogP contribution in [0, 0.1) is 5.92 Å². The van der Waals surface area contributed by atoms with E-state index in [0.29, 0.717) is 24.9 Å². The van der Waals surface area contributed by atoms with Crippen molar-refractivity contribution in [3.05, 3.63) is 36.7 Å². The van der Waals surface area contributed by atoms with E-state index in [-0.39, 0.29) is 12.8 Å². The molecule has 1 aliphatic heterocycles. The maximum absolute atomic E-state index is 13.3. The lowest BCUT2D eigenvalue weighted by molar-refractivity contribution is -0.0220. The van der Waals surface area contributed by atoms with Crippen LogP contribution in [0.4, 0.5) is 14.5 Å². The van der Waals surface area contributed by atoms with Gasteiger partial charge in [0.1, 0.15) is 0 Å². The summed E-state index contributed by atoms with van der Waals surface area (Å²) in [5, 5.41) is 0. The van der Waals surface area contributed by atoms with Crippen LogP contribution in [0.5, 0.6) is 0 Å². The lowest BCUT2D eigenvalue weighted by atomic mass is 9.84. The fourth-order valence-corrected chi connectivity index (χ4v) is 3.09. The second-order valence-corrected chi connectivity index (χ2v) is 5.89. The Hall–Kier alpha value is -1.45. The third-order valence-electron chi connectivity index (χ3n) is 4.51. The molecule has 4 heteroatoms. The van der Waals surface area contributed by atoms with Gasteiger partial charge in [0.25, 0.3) is 5.92 Å². The number of alkyl halides is 2. The Bertz CT molecular complexity index is 477. The number of anilines is 1. The minimum Gasteiger partial charge on any atom is -0.371 e. The lowest BCUT2D eigenvalue weighted by Gasteiger charge is -2.36. The number of pyridine rings is 1. The summed E-state index contributed by atoms with van der Waals surface area (Å²) in [7, 11) is 0. The molecule has 2 atom stereocenters. The van der Waals surface area contributed by atoms with Crippen LogP contribution in [0.2, 0.25) is 0 Å². The largest absolute Gasteiger partial charge is 0.371 e. The zero-order valence-electron chi connectivity index (χ0n) is 12.9. The van der Waals surface area contributed by atoms with Crippen LogP contribution in [0.25, 0.3) is 0 Å². The Labute approximate surface area is 125 Å². The second-order valence-electron chi connectivity index (χ2n) is 5.89. The zero-order valence-corrected chi connectivity index (χ0v) is 12.9.